The van der Waals surface area contributed by atoms with Gasteiger partial charge in [0.25, 0.3) is 0 Å². The number of hydrogen-bond donors (Lipinski definition) is 0. The first-order valence-electron chi connectivity index (χ1n) is 13.4. The van der Waals surface area contributed by atoms with Crippen LogP contribution in [0.3, 0.4) is 0 Å². The van der Waals surface area contributed by atoms with Gasteiger partial charge in [-0.05, 0) is 67.6 Å². The van der Waals surface area contributed by atoms with Gasteiger partial charge in [-0.1, -0.05) is 114 Å². The van der Waals surface area contributed by atoms with E-state index in [1.165, 1.54) is 38.9 Å². The molecule has 0 aliphatic heterocycles. The normalized spacial score (nSPS) is 11.6. The molecule has 199 valence electrons. The molecule has 0 N–H and O–H groups in total. The van der Waals surface area contributed by atoms with Crippen LogP contribution in [0.1, 0.15) is 52.7 Å². The van der Waals surface area contributed by atoms with Crippen LogP contribution in [-0.4, -0.2) is 4.98 Å². The van der Waals surface area contributed by atoms with Gasteiger partial charge in [-0.25, -0.2) is 0 Å². The first-order valence-corrected chi connectivity index (χ1v) is 13.4. The number of nitrogens with zero attached hydrogens (tertiary/aromatic N) is 1. The summed E-state index contributed by atoms with van der Waals surface area (Å²) in [5.74, 6) is 0. The molecule has 0 aliphatic carbocycles. The van der Waals surface area contributed by atoms with E-state index in [0.29, 0.717) is 0 Å². The van der Waals surface area contributed by atoms with Crippen molar-refractivity contribution in [1.82, 2.24) is 4.98 Å². The Morgan fingerprint density at radius 3 is 1.87 bits per heavy atom. The monoisotopic (exact) mass is 687 g/mol. The number of benzene rings is 4. The molecule has 0 amide bonds. The molecule has 1 aromatic heterocycles. The average molecular weight is 687 g/mol. The Morgan fingerprint density at radius 1 is 0.538 bits per heavy atom. The smallest absolute Gasteiger partial charge is 0.0160 e. The van der Waals surface area contributed by atoms with Gasteiger partial charge in [-0.3, -0.25) is 0 Å². The summed E-state index contributed by atoms with van der Waals surface area (Å²) in [6, 6.07) is 40.6. The van der Waals surface area contributed by atoms with E-state index in [1.807, 2.05) is 30.5 Å². The Bertz CT molecular complexity index is 1550. The van der Waals surface area contributed by atoms with E-state index in [4.69, 9.17) is 0 Å². The second-order valence-electron chi connectivity index (χ2n) is 12.1. The minimum atomic E-state index is 0. The van der Waals surface area contributed by atoms with Crippen molar-refractivity contribution < 1.29 is 20.1 Å². The van der Waals surface area contributed by atoms with Crippen molar-refractivity contribution in [3.63, 3.8) is 0 Å². The van der Waals surface area contributed by atoms with Crippen molar-refractivity contribution in [2.24, 2.45) is 0 Å². The number of rotatable bonds is 4. The molecule has 0 bridgehead atoms. The number of aromatic nitrogens is 1. The molecule has 2 heteroatoms. The van der Waals surface area contributed by atoms with E-state index in [1.54, 1.807) is 0 Å². The molecular weight excluding hydrogens is 651 g/mol. The maximum atomic E-state index is 4.51. The summed E-state index contributed by atoms with van der Waals surface area (Å²) < 4.78 is 0. The van der Waals surface area contributed by atoms with Crippen molar-refractivity contribution >= 4 is 0 Å². The van der Waals surface area contributed by atoms with Crippen LogP contribution in [0.25, 0.3) is 44.6 Å². The molecule has 1 heterocycles. The standard InChI is InChI=1S/C37H36N.Ir/c1-36(2,3)31-18-16-26(17-19-31)34-25-32(37(4,5)6)20-21-33(34)29-13-9-11-27(23-29)28-12-10-14-30(24-28)35-15-7-8-22-38-35;/h7-13,15-25H,1-6H3;/q-1;. The Hall–Kier alpha value is -3.32. The molecule has 0 atom stereocenters. The zero-order valence-corrected chi connectivity index (χ0v) is 26.1. The summed E-state index contributed by atoms with van der Waals surface area (Å²) in [4.78, 5) is 4.51. The maximum Gasteiger partial charge on any atom is 0.0160 e. The second-order valence-corrected chi connectivity index (χ2v) is 12.1. The van der Waals surface area contributed by atoms with Crippen LogP contribution in [0, 0.1) is 6.07 Å². The molecule has 39 heavy (non-hydrogen) atoms. The van der Waals surface area contributed by atoms with Crippen molar-refractivity contribution in [1.29, 1.82) is 0 Å². The van der Waals surface area contributed by atoms with Crippen LogP contribution in [0.15, 0.2) is 109 Å². The predicted octanol–water partition coefficient (Wildman–Crippen LogP) is 10.1. The van der Waals surface area contributed by atoms with Gasteiger partial charge in [0.1, 0.15) is 0 Å². The molecule has 1 radical (unpaired) electrons. The van der Waals surface area contributed by atoms with Gasteiger partial charge in [-0.2, -0.15) is 0 Å². The molecule has 5 aromatic rings. The van der Waals surface area contributed by atoms with Crippen LogP contribution in [0.4, 0.5) is 0 Å². The van der Waals surface area contributed by atoms with Gasteiger partial charge >= 0.3 is 0 Å². The van der Waals surface area contributed by atoms with Gasteiger partial charge in [0, 0.05) is 26.3 Å². The van der Waals surface area contributed by atoms with Crippen molar-refractivity contribution in [2.45, 2.75) is 52.4 Å². The zero-order chi connectivity index (χ0) is 26.9. The summed E-state index contributed by atoms with van der Waals surface area (Å²) in [6.45, 7) is 13.6. The van der Waals surface area contributed by atoms with E-state index < -0.39 is 0 Å². The van der Waals surface area contributed by atoms with E-state index in [0.717, 1.165) is 16.8 Å². The van der Waals surface area contributed by atoms with Gasteiger partial charge in [-0.15, -0.1) is 35.4 Å². The van der Waals surface area contributed by atoms with E-state index >= 15 is 0 Å². The van der Waals surface area contributed by atoms with Crippen LogP contribution in [0.2, 0.25) is 0 Å². The minimum absolute atomic E-state index is 0. The summed E-state index contributed by atoms with van der Waals surface area (Å²) in [5, 5.41) is 0. The molecule has 4 aromatic carbocycles. The zero-order valence-electron chi connectivity index (χ0n) is 23.7. The SMILES string of the molecule is CC(C)(C)c1ccc(-c2cc(C(C)(C)C)ccc2-c2cccc(-c3cc[c-]c(-c4ccccn4)c3)c2)cc1.[Ir]. The quantitative estimate of drug-likeness (QED) is 0.172. The van der Waals surface area contributed by atoms with Gasteiger partial charge in [0.2, 0.25) is 0 Å². The number of pyridine rings is 1. The van der Waals surface area contributed by atoms with E-state index in [9.17, 15) is 0 Å². The summed E-state index contributed by atoms with van der Waals surface area (Å²) in [6.07, 6.45) is 1.83. The first kappa shape index (κ1) is 28.7. The second kappa shape index (κ2) is 11.4. The van der Waals surface area contributed by atoms with Crippen LogP contribution < -0.4 is 0 Å². The van der Waals surface area contributed by atoms with Gasteiger partial charge in [0.15, 0.2) is 0 Å². The third kappa shape index (κ3) is 6.47. The van der Waals surface area contributed by atoms with Crippen LogP contribution in [-0.2, 0) is 30.9 Å². The largest absolute Gasteiger partial charge is 0.305 e. The average Bonchev–Trinajstić information content (AvgIpc) is 2.92. The fourth-order valence-electron chi connectivity index (χ4n) is 4.83. The fourth-order valence-corrected chi connectivity index (χ4v) is 4.83. The molecular formula is C37H36IrN-. The Kier molecular flexibility index (Phi) is 8.40. The molecule has 0 fully saturated rings. The van der Waals surface area contributed by atoms with Crippen molar-refractivity contribution in [3.8, 4) is 44.6 Å². The van der Waals surface area contributed by atoms with Crippen molar-refractivity contribution in [3.05, 3.63) is 127 Å². The minimum Gasteiger partial charge on any atom is -0.305 e. The molecule has 5 rings (SSSR count). The maximum absolute atomic E-state index is 4.51. The molecule has 1 nitrogen and oxygen atoms in total. The van der Waals surface area contributed by atoms with Crippen LogP contribution in [0.5, 0.6) is 0 Å². The molecule has 0 spiro atoms. The predicted molar refractivity (Wildman–Crippen MR) is 162 cm³/mol. The topological polar surface area (TPSA) is 12.9 Å². The van der Waals surface area contributed by atoms with Crippen molar-refractivity contribution in [2.75, 3.05) is 0 Å². The fraction of sp³-hybridized carbons (Fsp3) is 0.216. The number of hydrogen-bond acceptors (Lipinski definition) is 1. The summed E-state index contributed by atoms with van der Waals surface area (Å²) in [5.41, 5.74) is 12.1. The molecule has 0 saturated heterocycles. The Labute approximate surface area is 247 Å². The first-order chi connectivity index (χ1) is 18.1. The van der Waals surface area contributed by atoms with E-state index in [2.05, 4.69) is 131 Å². The summed E-state index contributed by atoms with van der Waals surface area (Å²) >= 11 is 0. The third-order valence-corrected chi connectivity index (χ3v) is 7.20. The third-order valence-electron chi connectivity index (χ3n) is 7.20. The van der Waals surface area contributed by atoms with Gasteiger partial charge < -0.3 is 4.98 Å². The van der Waals surface area contributed by atoms with E-state index in [-0.39, 0.29) is 30.9 Å². The Balaban J connectivity index is 0.00000353. The summed E-state index contributed by atoms with van der Waals surface area (Å²) in [7, 11) is 0. The molecule has 0 saturated carbocycles. The Morgan fingerprint density at radius 2 is 1.21 bits per heavy atom. The van der Waals surface area contributed by atoms with Gasteiger partial charge in [0.05, 0.1) is 0 Å². The molecule has 0 aliphatic rings. The molecule has 0 unspecified atom stereocenters. The van der Waals surface area contributed by atoms with Crippen LogP contribution >= 0.6 is 0 Å².